The smallest absolute Gasteiger partial charge is 0.165 e. The molecule has 1 aliphatic rings. The third-order valence-corrected chi connectivity index (χ3v) is 4.19. The summed E-state index contributed by atoms with van der Waals surface area (Å²) in [5.41, 5.74) is 1.10. The molecule has 2 aromatic carbocycles. The molecule has 0 bridgehead atoms. The minimum atomic E-state index is -0.306. The standard InChI is InChI=1S/C19H22FNO/c20-17-11-4-5-12-18(17)22-19(15-8-2-1-3-9-15)14-16-10-6-7-13-21-16/h1-5,8-9,11-12,16,19,21H,6-7,10,13-14H2. The van der Waals surface area contributed by atoms with E-state index in [2.05, 4.69) is 5.32 Å². The second-order valence-electron chi connectivity index (χ2n) is 5.83. The predicted octanol–water partition coefficient (Wildman–Crippen LogP) is 4.48. The molecule has 2 nitrogen and oxygen atoms in total. The molecule has 1 N–H and O–H groups in total. The van der Waals surface area contributed by atoms with E-state index in [1.165, 1.54) is 18.9 Å². The summed E-state index contributed by atoms with van der Waals surface area (Å²) in [6, 6.07) is 17.1. The van der Waals surface area contributed by atoms with E-state index in [4.69, 9.17) is 4.74 Å². The maximum atomic E-state index is 13.9. The first-order chi connectivity index (χ1) is 10.8. The van der Waals surface area contributed by atoms with Gasteiger partial charge in [0.15, 0.2) is 11.6 Å². The van der Waals surface area contributed by atoms with Crippen LogP contribution in [-0.2, 0) is 0 Å². The van der Waals surface area contributed by atoms with Crippen LogP contribution in [0.4, 0.5) is 4.39 Å². The molecular formula is C19H22FNO. The average molecular weight is 299 g/mol. The molecule has 2 aromatic rings. The minimum absolute atomic E-state index is 0.131. The third-order valence-electron chi connectivity index (χ3n) is 4.19. The molecule has 1 saturated heterocycles. The lowest BCUT2D eigenvalue weighted by Crippen LogP contribution is -2.36. The van der Waals surface area contributed by atoms with Gasteiger partial charge in [-0.3, -0.25) is 0 Å². The SMILES string of the molecule is Fc1ccccc1OC(CC1CCCCN1)c1ccccc1. The zero-order valence-electron chi connectivity index (χ0n) is 12.7. The largest absolute Gasteiger partial charge is 0.483 e. The molecule has 3 rings (SSSR count). The van der Waals surface area contributed by atoms with Crippen LogP contribution in [0, 0.1) is 5.82 Å². The van der Waals surface area contributed by atoms with Crippen molar-refractivity contribution >= 4 is 0 Å². The maximum absolute atomic E-state index is 13.9. The highest BCUT2D eigenvalue weighted by molar-refractivity contribution is 5.26. The highest BCUT2D eigenvalue weighted by Crippen LogP contribution is 2.29. The fourth-order valence-electron chi connectivity index (χ4n) is 3.00. The van der Waals surface area contributed by atoms with Gasteiger partial charge in [-0.15, -0.1) is 0 Å². The van der Waals surface area contributed by atoms with Gasteiger partial charge in [-0.2, -0.15) is 0 Å². The Balaban J connectivity index is 1.78. The second-order valence-corrected chi connectivity index (χ2v) is 5.83. The molecule has 2 unspecified atom stereocenters. The quantitative estimate of drug-likeness (QED) is 0.879. The highest BCUT2D eigenvalue weighted by Gasteiger charge is 2.22. The summed E-state index contributed by atoms with van der Waals surface area (Å²) in [6.45, 7) is 1.06. The number of rotatable bonds is 5. The summed E-state index contributed by atoms with van der Waals surface area (Å²) in [5.74, 6) is 0.0206. The summed E-state index contributed by atoms with van der Waals surface area (Å²) < 4.78 is 19.9. The maximum Gasteiger partial charge on any atom is 0.165 e. The molecule has 3 heteroatoms. The molecule has 0 radical (unpaired) electrons. The molecule has 116 valence electrons. The van der Waals surface area contributed by atoms with E-state index < -0.39 is 0 Å². The van der Waals surface area contributed by atoms with Gasteiger partial charge in [0.25, 0.3) is 0 Å². The van der Waals surface area contributed by atoms with Crippen molar-refractivity contribution in [2.24, 2.45) is 0 Å². The van der Waals surface area contributed by atoms with Crippen molar-refractivity contribution in [3.63, 3.8) is 0 Å². The Morgan fingerprint density at radius 3 is 2.55 bits per heavy atom. The summed E-state index contributed by atoms with van der Waals surface area (Å²) in [7, 11) is 0. The lowest BCUT2D eigenvalue weighted by atomic mass is 9.96. The first-order valence-corrected chi connectivity index (χ1v) is 8.02. The number of hydrogen-bond donors (Lipinski definition) is 1. The summed E-state index contributed by atoms with van der Waals surface area (Å²) >= 11 is 0. The van der Waals surface area contributed by atoms with Crippen molar-refractivity contribution in [2.75, 3.05) is 6.54 Å². The van der Waals surface area contributed by atoms with Crippen LogP contribution >= 0.6 is 0 Å². The van der Waals surface area contributed by atoms with Crippen molar-refractivity contribution in [3.05, 3.63) is 66.0 Å². The molecule has 1 aliphatic heterocycles. The van der Waals surface area contributed by atoms with Crippen molar-refractivity contribution in [1.82, 2.24) is 5.32 Å². The Labute approximate surface area is 131 Å². The second kappa shape index (κ2) is 7.41. The zero-order valence-corrected chi connectivity index (χ0v) is 12.7. The minimum Gasteiger partial charge on any atom is -0.483 e. The van der Waals surface area contributed by atoms with Crippen molar-refractivity contribution in [3.8, 4) is 5.75 Å². The van der Waals surface area contributed by atoms with Crippen LogP contribution in [0.15, 0.2) is 54.6 Å². The van der Waals surface area contributed by atoms with Gasteiger partial charge in [0.05, 0.1) is 0 Å². The van der Waals surface area contributed by atoms with Crippen LogP contribution < -0.4 is 10.1 Å². The highest BCUT2D eigenvalue weighted by atomic mass is 19.1. The van der Waals surface area contributed by atoms with Gasteiger partial charge in [0, 0.05) is 12.5 Å². The van der Waals surface area contributed by atoms with Crippen LogP contribution in [0.3, 0.4) is 0 Å². The van der Waals surface area contributed by atoms with Gasteiger partial charge >= 0.3 is 0 Å². The molecule has 0 aliphatic carbocycles. The van der Waals surface area contributed by atoms with Crippen LogP contribution in [0.25, 0.3) is 0 Å². The van der Waals surface area contributed by atoms with Gasteiger partial charge in [-0.25, -0.2) is 4.39 Å². The average Bonchev–Trinajstić information content (AvgIpc) is 2.58. The summed E-state index contributed by atoms with van der Waals surface area (Å²) in [5, 5.41) is 3.55. The number of nitrogens with one attached hydrogen (secondary N) is 1. The Kier molecular flexibility index (Phi) is 5.07. The van der Waals surface area contributed by atoms with E-state index in [1.54, 1.807) is 18.2 Å². The van der Waals surface area contributed by atoms with Crippen LogP contribution in [0.1, 0.15) is 37.4 Å². The number of benzene rings is 2. The van der Waals surface area contributed by atoms with Crippen molar-refractivity contribution in [1.29, 1.82) is 0 Å². The van der Waals surface area contributed by atoms with Gasteiger partial charge in [-0.1, -0.05) is 48.9 Å². The molecule has 0 amide bonds. The predicted molar refractivity (Wildman–Crippen MR) is 86.5 cm³/mol. The molecule has 1 fully saturated rings. The van der Waals surface area contributed by atoms with Crippen molar-refractivity contribution in [2.45, 2.75) is 37.8 Å². The monoisotopic (exact) mass is 299 g/mol. The number of halogens is 1. The molecule has 0 saturated carbocycles. The number of para-hydroxylation sites is 1. The Hall–Kier alpha value is -1.87. The Morgan fingerprint density at radius 2 is 1.82 bits per heavy atom. The Bertz CT molecular complexity index is 581. The topological polar surface area (TPSA) is 21.3 Å². The lowest BCUT2D eigenvalue weighted by molar-refractivity contribution is 0.162. The molecule has 22 heavy (non-hydrogen) atoms. The zero-order chi connectivity index (χ0) is 15.2. The fraction of sp³-hybridized carbons (Fsp3) is 0.368. The summed E-state index contributed by atoms with van der Waals surface area (Å²) in [4.78, 5) is 0. The normalized spacial score (nSPS) is 19.6. The molecule has 1 heterocycles. The fourth-order valence-corrected chi connectivity index (χ4v) is 3.00. The van der Waals surface area contributed by atoms with Gasteiger partial charge < -0.3 is 10.1 Å². The number of piperidine rings is 1. The first kappa shape index (κ1) is 15.0. The lowest BCUT2D eigenvalue weighted by Gasteiger charge is -2.28. The van der Waals surface area contributed by atoms with E-state index >= 15 is 0 Å². The van der Waals surface area contributed by atoms with Gasteiger partial charge in [0.1, 0.15) is 6.10 Å². The summed E-state index contributed by atoms with van der Waals surface area (Å²) in [6.07, 6.45) is 4.37. The van der Waals surface area contributed by atoms with Crippen molar-refractivity contribution < 1.29 is 9.13 Å². The van der Waals surface area contributed by atoms with E-state index in [0.717, 1.165) is 24.9 Å². The molecule has 2 atom stereocenters. The number of ether oxygens (including phenoxy) is 1. The third kappa shape index (κ3) is 3.86. The Morgan fingerprint density at radius 1 is 1.05 bits per heavy atom. The van der Waals surface area contributed by atoms with Gasteiger partial charge in [-0.05, 0) is 37.1 Å². The van der Waals surface area contributed by atoms with Gasteiger partial charge in [0.2, 0.25) is 0 Å². The van der Waals surface area contributed by atoms with Crippen LogP contribution in [0.5, 0.6) is 5.75 Å². The molecule has 0 aromatic heterocycles. The number of hydrogen-bond acceptors (Lipinski definition) is 2. The van der Waals surface area contributed by atoms with Crippen LogP contribution in [0.2, 0.25) is 0 Å². The first-order valence-electron chi connectivity index (χ1n) is 8.02. The van der Waals surface area contributed by atoms with E-state index in [-0.39, 0.29) is 11.9 Å². The molecule has 0 spiro atoms. The van der Waals surface area contributed by atoms with E-state index in [1.807, 2.05) is 30.3 Å². The van der Waals surface area contributed by atoms with Crippen LogP contribution in [-0.4, -0.2) is 12.6 Å². The van der Waals surface area contributed by atoms with E-state index in [9.17, 15) is 4.39 Å². The molecular weight excluding hydrogens is 277 g/mol. The van der Waals surface area contributed by atoms with E-state index in [0.29, 0.717) is 11.8 Å².